The lowest BCUT2D eigenvalue weighted by Gasteiger charge is -2.08. The molecule has 0 rings (SSSR count). The number of hydrogen-bond donors (Lipinski definition) is 1. The fourth-order valence-corrected chi connectivity index (χ4v) is 0.554. The van der Waals surface area contributed by atoms with Gasteiger partial charge in [0.2, 0.25) is 0 Å². The summed E-state index contributed by atoms with van der Waals surface area (Å²) in [5.74, 6) is -0.0338. The van der Waals surface area contributed by atoms with Crippen molar-refractivity contribution < 1.29 is 9.53 Å². The van der Waals surface area contributed by atoms with Crippen LogP contribution in [0.5, 0.6) is 0 Å². The molecule has 0 aromatic carbocycles. The molecule has 0 aliphatic heterocycles. The summed E-state index contributed by atoms with van der Waals surface area (Å²) in [7, 11) is 0. The summed E-state index contributed by atoms with van der Waals surface area (Å²) in [6, 6.07) is 0. The largest absolute Gasteiger partial charge is 0.371 e. The lowest BCUT2D eigenvalue weighted by atomic mass is 10.2. The Morgan fingerprint density at radius 3 is 2.70 bits per heavy atom. The lowest BCUT2D eigenvalue weighted by molar-refractivity contribution is -0.128. The van der Waals surface area contributed by atoms with Crippen LogP contribution in [0.2, 0.25) is 0 Å². The van der Waals surface area contributed by atoms with Crippen LogP contribution < -0.4 is 5.73 Å². The monoisotopic (exact) mass is 145 g/mol. The van der Waals surface area contributed by atoms with Crippen LogP contribution in [0.15, 0.2) is 0 Å². The number of Topliss-reactive ketones (excluding diaryl/α,β-unsaturated/α-hetero) is 1. The first-order chi connectivity index (χ1) is 4.72. The predicted molar refractivity (Wildman–Crippen MR) is 39.8 cm³/mol. The van der Waals surface area contributed by atoms with Crippen LogP contribution in [0.3, 0.4) is 0 Å². The molecule has 0 spiro atoms. The van der Waals surface area contributed by atoms with E-state index in [1.165, 1.54) is 0 Å². The van der Waals surface area contributed by atoms with E-state index in [9.17, 15) is 4.79 Å². The summed E-state index contributed by atoms with van der Waals surface area (Å²) in [4.78, 5) is 10.8. The molecule has 0 radical (unpaired) electrons. The summed E-state index contributed by atoms with van der Waals surface area (Å²) in [5, 5.41) is 0. The van der Waals surface area contributed by atoms with Crippen molar-refractivity contribution in [3.8, 4) is 0 Å². The Morgan fingerprint density at radius 1 is 1.70 bits per heavy atom. The first-order valence-electron chi connectivity index (χ1n) is 3.56. The van der Waals surface area contributed by atoms with E-state index in [0.717, 1.165) is 6.42 Å². The molecule has 0 heterocycles. The van der Waals surface area contributed by atoms with E-state index >= 15 is 0 Å². The van der Waals surface area contributed by atoms with E-state index in [0.29, 0.717) is 6.61 Å². The van der Waals surface area contributed by atoms with Gasteiger partial charge in [0, 0.05) is 6.61 Å². The second-order valence-electron chi connectivity index (χ2n) is 2.18. The van der Waals surface area contributed by atoms with Crippen molar-refractivity contribution in [1.29, 1.82) is 0 Å². The van der Waals surface area contributed by atoms with E-state index < -0.39 is 0 Å². The molecular weight excluding hydrogens is 130 g/mol. The number of ether oxygens (including phenoxy) is 1. The molecule has 3 heteroatoms. The molecule has 0 aliphatic carbocycles. The Labute approximate surface area is 61.5 Å². The third-order valence-corrected chi connectivity index (χ3v) is 1.23. The average molecular weight is 145 g/mol. The summed E-state index contributed by atoms with van der Waals surface area (Å²) >= 11 is 0. The molecule has 0 aliphatic rings. The maximum Gasteiger partial charge on any atom is 0.174 e. The predicted octanol–water partition coefficient (Wildman–Crippen LogP) is 0.329. The lowest BCUT2D eigenvalue weighted by Crippen LogP contribution is -2.27. The zero-order chi connectivity index (χ0) is 7.98. The number of ketones is 1. The van der Waals surface area contributed by atoms with Gasteiger partial charge in [-0.15, -0.1) is 0 Å². The number of carbonyl (C=O) groups is 1. The molecule has 2 N–H and O–H groups in total. The minimum Gasteiger partial charge on any atom is -0.371 e. The van der Waals surface area contributed by atoms with Crippen molar-refractivity contribution in [2.75, 3.05) is 13.2 Å². The van der Waals surface area contributed by atoms with Gasteiger partial charge in [-0.2, -0.15) is 0 Å². The summed E-state index contributed by atoms with van der Waals surface area (Å²) in [6.07, 6.45) is 0.604. The van der Waals surface area contributed by atoms with Gasteiger partial charge < -0.3 is 10.5 Å². The smallest absolute Gasteiger partial charge is 0.174 e. The zero-order valence-corrected chi connectivity index (χ0v) is 6.59. The minimum absolute atomic E-state index is 0.0338. The molecule has 0 amide bonds. The SMILES string of the molecule is CCCOC(C)C(=O)CN. The van der Waals surface area contributed by atoms with Crippen LogP contribution in [0.1, 0.15) is 20.3 Å². The van der Waals surface area contributed by atoms with E-state index in [1.54, 1.807) is 6.92 Å². The van der Waals surface area contributed by atoms with Gasteiger partial charge in [-0.05, 0) is 13.3 Å². The Hall–Kier alpha value is -0.410. The van der Waals surface area contributed by atoms with Crippen LogP contribution in [0.4, 0.5) is 0 Å². The average Bonchev–Trinajstić information content (AvgIpc) is 1.98. The fourth-order valence-electron chi connectivity index (χ4n) is 0.554. The highest BCUT2D eigenvalue weighted by Gasteiger charge is 2.09. The second-order valence-corrected chi connectivity index (χ2v) is 2.18. The summed E-state index contributed by atoms with van der Waals surface area (Å²) < 4.78 is 5.11. The Morgan fingerprint density at radius 2 is 2.30 bits per heavy atom. The summed E-state index contributed by atoms with van der Waals surface area (Å²) in [5.41, 5.74) is 5.12. The molecule has 0 fully saturated rings. The van der Waals surface area contributed by atoms with Crippen LogP contribution in [0, 0.1) is 0 Å². The fraction of sp³-hybridized carbons (Fsp3) is 0.857. The molecule has 0 saturated heterocycles. The van der Waals surface area contributed by atoms with Crippen molar-refractivity contribution >= 4 is 5.78 Å². The van der Waals surface area contributed by atoms with E-state index in [4.69, 9.17) is 10.5 Å². The van der Waals surface area contributed by atoms with Crippen LogP contribution in [-0.4, -0.2) is 25.0 Å². The van der Waals surface area contributed by atoms with Crippen molar-refractivity contribution in [3.63, 3.8) is 0 Å². The third-order valence-electron chi connectivity index (χ3n) is 1.23. The maximum absolute atomic E-state index is 10.8. The molecule has 1 unspecified atom stereocenters. The topological polar surface area (TPSA) is 52.3 Å². The number of hydrogen-bond acceptors (Lipinski definition) is 3. The number of carbonyl (C=O) groups excluding carboxylic acids is 1. The Kier molecular flexibility index (Phi) is 5.16. The van der Waals surface area contributed by atoms with Crippen LogP contribution >= 0.6 is 0 Å². The quantitative estimate of drug-likeness (QED) is 0.606. The van der Waals surface area contributed by atoms with Crippen LogP contribution in [-0.2, 0) is 9.53 Å². The van der Waals surface area contributed by atoms with Gasteiger partial charge in [-0.1, -0.05) is 6.92 Å². The normalized spacial score (nSPS) is 13.1. The third kappa shape index (κ3) is 3.58. The van der Waals surface area contributed by atoms with E-state index in [2.05, 4.69) is 0 Å². The van der Waals surface area contributed by atoms with Gasteiger partial charge >= 0.3 is 0 Å². The van der Waals surface area contributed by atoms with E-state index in [1.807, 2.05) is 6.92 Å². The van der Waals surface area contributed by atoms with Gasteiger partial charge in [-0.3, -0.25) is 4.79 Å². The van der Waals surface area contributed by atoms with Crippen molar-refractivity contribution in [1.82, 2.24) is 0 Å². The highest BCUT2D eigenvalue weighted by molar-refractivity contribution is 5.84. The van der Waals surface area contributed by atoms with Crippen molar-refractivity contribution in [2.45, 2.75) is 26.4 Å². The van der Waals surface area contributed by atoms with Gasteiger partial charge in [0.25, 0.3) is 0 Å². The second kappa shape index (κ2) is 5.38. The maximum atomic E-state index is 10.8. The molecule has 3 nitrogen and oxygen atoms in total. The Bertz CT molecular complexity index is 104. The van der Waals surface area contributed by atoms with E-state index in [-0.39, 0.29) is 18.4 Å². The molecule has 60 valence electrons. The number of nitrogens with two attached hydrogens (primary N) is 1. The molecular formula is C7H15NO2. The molecule has 1 atom stereocenters. The highest BCUT2D eigenvalue weighted by atomic mass is 16.5. The van der Waals surface area contributed by atoms with Gasteiger partial charge in [0.15, 0.2) is 5.78 Å². The molecule has 0 saturated carbocycles. The van der Waals surface area contributed by atoms with Gasteiger partial charge in [-0.25, -0.2) is 0 Å². The highest BCUT2D eigenvalue weighted by Crippen LogP contribution is 1.92. The van der Waals surface area contributed by atoms with Crippen LogP contribution in [0.25, 0.3) is 0 Å². The van der Waals surface area contributed by atoms with Crippen molar-refractivity contribution in [2.24, 2.45) is 5.73 Å². The first kappa shape index (κ1) is 9.59. The van der Waals surface area contributed by atoms with Gasteiger partial charge in [0.05, 0.1) is 6.54 Å². The molecule has 0 aromatic heterocycles. The zero-order valence-electron chi connectivity index (χ0n) is 6.59. The standard InChI is InChI=1S/C7H15NO2/c1-3-4-10-6(2)7(9)5-8/h6H,3-5,8H2,1-2H3. The molecule has 0 aromatic rings. The van der Waals surface area contributed by atoms with Crippen molar-refractivity contribution in [3.05, 3.63) is 0 Å². The molecule has 10 heavy (non-hydrogen) atoms. The summed E-state index contributed by atoms with van der Waals surface area (Å²) in [6.45, 7) is 4.43. The number of rotatable bonds is 5. The Balaban J connectivity index is 3.41. The first-order valence-corrected chi connectivity index (χ1v) is 3.56. The molecule has 0 bridgehead atoms. The minimum atomic E-state index is -0.329. The van der Waals surface area contributed by atoms with Gasteiger partial charge in [0.1, 0.15) is 6.10 Å².